The first-order valence-corrected chi connectivity index (χ1v) is 8.41. The minimum absolute atomic E-state index is 0.00201. The first-order valence-electron chi connectivity index (χ1n) is 8.41. The summed E-state index contributed by atoms with van der Waals surface area (Å²) in [5.41, 5.74) is 1.77. The maximum Gasteiger partial charge on any atom is 0.227 e. The van der Waals surface area contributed by atoms with Gasteiger partial charge in [-0.1, -0.05) is 38.1 Å². The standard InChI is InChI=1S/C19H26N2O2/c1-3-14(2)19(23)21-17-10-6-9-16(11-17)13-20-18(22)12-15-7-4-5-8-15/h4,6-7,9-11,14-15H,3,5,8,12-13H2,1-2H3,(H,20,22)(H,21,23)/t14-,15+/m0/s1. The number of hydrogen-bond acceptors (Lipinski definition) is 2. The van der Waals surface area contributed by atoms with Gasteiger partial charge in [-0.3, -0.25) is 9.59 Å². The molecule has 2 amide bonds. The maximum atomic E-state index is 11.9. The Morgan fingerprint density at radius 1 is 1.35 bits per heavy atom. The van der Waals surface area contributed by atoms with Gasteiger partial charge in [0.1, 0.15) is 0 Å². The minimum Gasteiger partial charge on any atom is -0.352 e. The van der Waals surface area contributed by atoms with Crippen molar-refractivity contribution in [1.82, 2.24) is 5.32 Å². The molecule has 0 bridgehead atoms. The summed E-state index contributed by atoms with van der Waals surface area (Å²) in [5.74, 6) is 0.492. The average Bonchev–Trinajstić information content (AvgIpc) is 3.05. The lowest BCUT2D eigenvalue weighted by Gasteiger charge is -2.12. The van der Waals surface area contributed by atoms with Crippen LogP contribution in [0.1, 0.15) is 45.1 Å². The van der Waals surface area contributed by atoms with E-state index in [2.05, 4.69) is 22.8 Å². The van der Waals surface area contributed by atoms with Crippen LogP contribution in [-0.4, -0.2) is 11.8 Å². The van der Waals surface area contributed by atoms with Gasteiger partial charge in [0.2, 0.25) is 11.8 Å². The third-order valence-corrected chi connectivity index (χ3v) is 4.30. The maximum absolute atomic E-state index is 11.9. The number of carbonyl (C=O) groups is 2. The number of rotatable bonds is 7. The molecule has 0 heterocycles. The van der Waals surface area contributed by atoms with Crippen LogP contribution in [0.15, 0.2) is 36.4 Å². The van der Waals surface area contributed by atoms with Crippen LogP contribution < -0.4 is 10.6 Å². The molecular weight excluding hydrogens is 288 g/mol. The fourth-order valence-electron chi connectivity index (χ4n) is 2.59. The fourth-order valence-corrected chi connectivity index (χ4v) is 2.59. The lowest BCUT2D eigenvalue weighted by molar-refractivity contribution is -0.122. The molecule has 2 atom stereocenters. The van der Waals surface area contributed by atoms with Crippen LogP contribution >= 0.6 is 0 Å². The molecule has 124 valence electrons. The molecule has 0 spiro atoms. The van der Waals surface area contributed by atoms with Gasteiger partial charge in [0, 0.05) is 24.6 Å². The van der Waals surface area contributed by atoms with Gasteiger partial charge in [0.15, 0.2) is 0 Å². The molecule has 0 unspecified atom stereocenters. The Balaban J connectivity index is 1.83. The Bertz CT molecular complexity index is 580. The molecule has 0 fully saturated rings. The summed E-state index contributed by atoms with van der Waals surface area (Å²) in [7, 11) is 0. The monoisotopic (exact) mass is 314 g/mol. The number of carbonyl (C=O) groups excluding carboxylic acids is 2. The van der Waals surface area contributed by atoms with Crippen molar-refractivity contribution in [3.63, 3.8) is 0 Å². The van der Waals surface area contributed by atoms with Gasteiger partial charge >= 0.3 is 0 Å². The van der Waals surface area contributed by atoms with Crippen LogP contribution in [0.3, 0.4) is 0 Å². The third-order valence-electron chi connectivity index (χ3n) is 4.30. The van der Waals surface area contributed by atoms with Crippen LogP contribution in [0.5, 0.6) is 0 Å². The predicted octanol–water partition coefficient (Wildman–Crippen LogP) is 3.64. The molecule has 23 heavy (non-hydrogen) atoms. The van der Waals surface area contributed by atoms with Crippen LogP contribution in [-0.2, 0) is 16.1 Å². The summed E-state index contributed by atoms with van der Waals surface area (Å²) < 4.78 is 0. The van der Waals surface area contributed by atoms with Crippen LogP contribution in [0, 0.1) is 11.8 Å². The highest BCUT2D eigenvalue weighted by Crippen LogP contribution is 2.20. The zero-order valence-corrected chi connectivity index (χ0v) is 14.0. The molecule has 0 saturated carbocycles. The van der Waals surface area contributed by atoms with Gasteiger partial charge in [0.25, 0.3) is 0 Å². The number of allylic oxidation sites excluding steroid dienone is 2. The smallest absolute Gasteiger partial charge is 0.227 e. The fraction of sp³-hybridized carbons (Fsp3) is 0.474. The molecule has 0 radical (unpaired) electrons. The van der Waals surface area contributed by atoms with Crippen LogP contribution in [0.25, 0.3) is 0 Å². The van der Waals surface area contributed by atoms with Gasteiger partial charge in [-0.05, 0) is 42.9 Å². The Morgan fingerprint density at radius 2 is 2.17 bits per heavy atom. The van der Waals surface area contributed by atoms with Crippen LogP contribution in [0.2, 0.25) is 0 Å². The van der Waals surface area contributed by atoms with E-state index in [9.17, 15) is 9.59 Å². The molecule has 0 aliphatic heterocycles. The summed E-state index contributed by atoms with van der Waals surface area (Å²) >= 11 is 0. The van der Waals surface area contributed by atoms with Crippen molar-refractivity contribution < 1.29 is 9.59 Å². The average molecular weight is 314 g/mol. The second-order valence-corrected chi connectivity index (χ2v) is 6.25. The molecule has 1 aromatic rings. The normalized spacial score (nSPS) is 17.7. The van der Waals surface area contributed by atoms with Crippen LogP contribution in [0.4, 0.5) is 5.69 Å². The quantitative estimate of drug-likeness (QED) is 0.755. The van der Waals surface area contributed by atoms with Crippen molar-refractivity contribution in [2.45, 2.75) is 46.1 Å². The van der Waals surface area contributed by atoms with E-state index >= 15 is 0 Å². The first kappa shape index (κ1) is 17.3. The Hall–Kier alpha value is -2.10. The molecule has 4 heteroatoms. The molecule has 0 saturated heterocycles. The first-order chi connectivity index (χ1) is 11.1. The molecule has 4 nitrogen and oxygen atoms in total. The Labute approximate surface area is 138 Å². The van der Waals surface area contributed by atoms with E-state index in [1.165, 1.54) is 0 Å². The lowest BCUT2D eigenvalue weighted by atomic mass is 10.0. The van der Waals surface area contributed by atoms with E-state index in [4.69, 9.17) is 0 Å². The molecule has 2 N–H and O–H groups in total. The summed E-state index contributed by atoms with van der Waals surface area (Å²) in [6, 6.07) is 7.63. The van der Waals surface area contributed by atoms with Gasteiger partial charge in [-0.15, -0.1) is 0 Å². The zero-order valence-electron chi connectivity index (χ0n) is 14.0. The summed E-state index contributed by atoms with van der Waals surface area (Å²) in [6.45, 7) is 4.40. The summed E-state index contributed by atoms with van der Waals surface area (Å²) in [4.78, 5) is 23.9. The van der Waals surface area contributed by atoms with Gasteiger partial charge in [0.05, 0.1) is 0 Å². The van der Waals surface area contributed by atoms with E-state index < -0.39 is 0 Å². The summed E-state index contributed by atoms with van der Waals surface area (Å²) in [6.07, 6.45) is 7.80. The van der Waals surface area contributed by atoms with E-state index in [0.717, 1.165) is 30.5 Å². The highest BCUT2D eigenvalue weighted by molar-refractivity contribution is 5.92. The van der Waals surface area contributed by atoms with Crippen molar-refractivity contribution in [2.24, 2.45) is 11.8 Å². The van der Waals surface area contributed by atoms with Crippen molar-refractivity contribution in [3.05, 3.63) is 42.0 Å². The number of hydrogen-bond donors (Lipinski definition) is 2. The van der Waals surface area contributed by atoms with E-state index in [1.807, 2.05) is 38.1 Å². The van der Waals surface area contributed by atoms with Crippen molar-refractivity contribution >= 4 is 17.5 Å². The summed E-state index contributed by atoms with van der Waals surface area (Å²) in [5, 5.41) is 5.87. The highest BCUT2D eigenvalue weighted by atomic mass is 16.2. The second-order valence-electron chi connectivity index (χ2n) is 6.25. The van der Waals surface area contributed by atoms with Crippen molar-refractivity contribution in [2.75, 3.05) is 5.32 Å². The molecule has 0 aromatic heterocycles. The van der Waals surface area contributed by atoms with E-state index in [1.54, 1.807) is 0 Å². The van der Waals surface area contributed by atoms with Gasteiger partial charge in [-0.25, -0.2) is 0 Å². The molecule has 1 aliphatic rings. The Morgan fingerprint density at radius 3 is 2.87 bits per heavy atom. The van der Waals surface area contributed by atoms with E-state index in [0.29, 0.717) is 18.9 Å². The van der Waals surface area contributed by atoms with Crippen molar-refractivity contribution in [1.29, 1.82) is 0 Å². The van der Waals surface area contributed by atoms with Gasteiger partial charge in [-0.2, -0.15) is 0 Å². The molecule has 2 rings (SSSR count). The Kier molecular flexibility index (Phi) is 6.39. The molecule has 1 aromatic carbocycles. The number of benzene rings is 1. The number of anilines is 1. The minimum atomic E-state index is -0.00201. The lowest BCUT2D eigenvalue weighted by Crippen LogP contribution is -2.24. The SMILES string of the molecule is CC[C@H](C)C(=O)Nc1cccc(CNC(=O)C[C@@H]2C=CCC2)c1. The highest BCUT2D eigenvalue weighted by Gasteiger charge is 2.14. The predicted molar refractivity (Wildman–Crippen MR) is 92.9 cm³/mol. The molecular formula is C19H26N2O2. The second kappa shape index (κ2) is 8.51. The largest absolute Gasteiger partial charge is 0.352 e. The number of nitrogens with one attached hydrogen (secondary N) is 2. The topological polar surface area (TPSA) is 58.2 Å². The third kappa shape index (κ3) is 5.55. The number of amides is 2. The molecule has 1 aliphatic carbocycles. The van der Waals surface area contributed by atoms with Gasteiger partial charge < -0.3 is 10.6 Å². The van der Waals surface area contributed by atoms with Crippen molar-refractivity contribution in [3.8, 4) is 0 Å². The zero-order chi connectivity index (χ0) is 16.7. The van der Waals surface area contributed by atoms with E-state index in [-0.39, 0.29) is 17.7 Å².